The highest BCUT2D eigenvalue weighted by Crippen LogP contribution is 2.55. The van der Waals surface area contributed by atoms with Crippen LogP contribution in [0, 0.1) is 17.8 Å². The fraction of sp³-hybridized carbons (Fsp3) is 0.900. The summed E-state index contributed by atoms with van der Waals surface area (Å²) in [5, 5.41) is 3.49. The van der Waals surface area contributed by atoms with E-state index in [0.717, 1.165) is 30.8 Å². The van der Waals surface area contributed by atoms with Crippen molar-refractivity contribution in [2.75, 3.05) is 32.8 Å². The van der Waals surface area contributed by atoms with Crippen molar-refractivity contribution in [2.45, 2.75) is 64.0 Å². The SMILES string of the molecule is CCOC(=O)N1CCN([C@H](C)C(=O)NC23CC4CC(CC(C4)C2)C3)CC1. The number of hydrogen-bond acceptors (Lipinski definition) is 4. The van der Waals surface area contributed by atoms with Crippen LogP contribution < -0.4 is 5.32 Å². The zero-order chi connectivity index (χ0) is 18.3. The van der Waals surface area contributed by atoms with E-state index in [1.165, 1.54) is 38.5 Å². The van der Waals surface area contributed by atoms with E-state index in [1.54, 1.807) is 4.90 Å². The Hall–Kier alpha value is -1.30. The average molecular weight is 364 g/mol. The molecule has 0 aromatic carbocycles. The van der Waals surface area contributed by atoms with E-state index >= 15 is 0 Å². The monoisotopic (exact) mass is 363 g/mol. The van der Waals surface area contributed by atoms with Crippen molar-refractivity contribution in [3.63, 3.8) is 0 Å². The number of rotatable bonds is 4. The molecule has 0 aromatic rings. The van der Waals surface area contributed by atoms with Gasteiger partial charge in [0, 0.05) is 31.7 Å². The number of ether oxygens (including phenoxy) is 1. The molecule has 5 fully saturated rings. The van der Waals surface area contributed by atoms with E-state index in [0.29, 0.717) is 19.7 Å². The molecule has 0 radical (unpaired) electrons. The Balaban J connectivity index is 1.31. The number of carbonyl (C=O) groups excluding carboxylic acids is 2. The normalized spacial score (nSPS) is 37.5. The molecule has 0 aromatic heterocycles. The molecule has 0 spiro atoms. The standard InChI is InChI=1S/C20H33N3O3/c1-3-26-19(25)23-6-4-22(5-7-23)14(2)18(24)21-20-11-15-8-16(12-20)10-17(9-15)13-20/h14-17H,3-13H2,1-2H3,(H,21,24)/t14-,15?,16?,17?,20?/m1/s1. The van der Waals surface area contributed by atoms with E-state index in [2.05, 4.69) is 10.2 Å². The van der Waals surface area contributed by atoms with Gasteiger partial charge < -0.3 is 15.0 Å². The Morgan fingerprint density at radius 1 is 1.04 bits per heavy atom. The van der Waals surface area contributed by atoms with Crippen LogP contribution in [0.1, 0.15) is 52.4 Å². The first-order valence-corrected chi connectivity index (χ1v) is 10.5. The van der Waals surface area contributed by atoms with Gasteiger partial charge in [0.25, 0.3) is 0 Å². The summed E-state index contributed by atoms with van der Waals surface area (Å²) in [6.45, 7) is 6.97. The molecule has 146 valence electrons. The summed E-state index contributed by atoms with van der Waals surface area (Å²) >= 11 is 0. The number of carbonyl (C=O) groups is 2. The molecule has 5 aliphatic rings. The second-order valence-corrected chi connectivity index (χ2v) is 9.09. The molecule has 6 nitrogen and oxygen atoms in total. The molecule has 6 heteroatoms. The quantitative estimate of drug-likeness (QED) is 0.832. The van der Waals surface area contributed by atoms with E-state index in [-0.39, 0.29) is 23.6 Å². The minimum atomic E-state index is -0.238. The van der Waals surface area contributed by atoms with Crippen LogP contribution in [-0.2, 0) is 9.53 Å². The predicted molar refractivity (Wildman–Crippen MR) is 98.7 cm³/mol. The summed E-state index contributed by atoms with van der Waals surface area (Å²) in [4.78, 5) is 28.8. The van der Waals surface area contributed by atoms with Crippen LogP contribution in [-0.4, -0.2) is 66.2 Å². The molecule has 1 N–H and O–H groups in total. The second-order valence-electron chi connectivity index (χ2n) is 9.09. The minimum absolute atomic E-state index is 0.0762. The summed E-state index contributed by atoms with van der Waals surface area (Å²) in [7, 11) is 0. The van der Waals surface area contributed by atoms with Gasteiger partial charge in [-0.25, -0.2) is 4.79 Å². The molecule has 1 aliphatic heterocycles. The Kier molecular flexibility index (Phi) is 4.88. The van der Waals surface area contributed by atoms with Gasteiger partial charge in [-0.3, -0.25) is 9.69 Å². The van der Waals surface area contributed by atoms with Crippen molar-refractivity contribution >= 4 is 12.0 Å². The van der Waals surface area contributed by atoms with E-state index in [1.807, 2.05) is 13.8 Å². The van der Waals surface area contributed by atoms with Crippen molar-refractivity contribution in [1.29, 1.82) is 0 Å². The van der Waals surface area contributed by atoms with Crippen molar-refractivity contribution < 1.29 is 14.3 Å². The first-order chi connectivity index (χ1) is 12.5. The van der Waals surface area contributed by atoms with Crippen LogP contribution in [0.25, 0.3) is 0 Å². The number of amides is 2. The topological polar surface area (TPSA) is 61.9 Å². The van der Waals surface area contributed by atoms with Crippen molar-refractivity contribution in [2.24, 2.45) is 17.8 Å². The van der Waals surface area contributed by atoms with Crippen LogP contribution in [0.5, 0.6) is 0 Å². The van der Waals surface area contributed by atoms with Gasteiger partial charge in [0.05, 0.1) is 12.6 Å². The third-order valence-electron chi connectivity index (χ3n) is 7.19. The van der Waals surface area contributed by atoms with E-state index in [9.17, 15) is 9.59 Å². The predicted octanol–water partition coefficient (Wildman–Crippen LogP) is 2.23. The van der Waals surface area contributed by atoms with Crippen LogP contribution in [0.3, 0.4) is 0 Å². The molecule has 0 unspecified atom stereocenters. The fourth-order valence-electron chi connectivity index (χ4n) is 6.30. The summed E-state index contributed by atoms with van der Waals surface area (Å²) in [5.74, 6) is 2.69. The number of hydrogen-bond donors (Lipinski definition) is 1. The molecule has 4 bridgehead atoms. The molecular formula is C20H33N3O3. The number of nitrogens with one attached hydrogen (secondary N) is 1. The molecule has 4 aliphatic carbocycles. The summed E-state index contributed by atoms with van der Waals surface area (Å²) in [6, 6.07) is -0.132. The molecular weight excluding hydrogens is 330 g/mol. The van der Waals surface area contributed by atoms with Gasteiger partial charge in [0.2, 0.25) is 5.91 Å². The molecule has 1 heterocycles. The molecule has 2 amide bonds. The molecule has 26 heavy (non-hydrogen) atoms. The Morgan fingerprint density at radius 3 is 2.08 bits per heavy atom. The van der Waals surface area contributed by atoms with Crippen LogP contribution >= 0.6 is 0 Å². The van der Waals surface area contributed by atoms with Crippen molar-refractivity contribution in [3.8, 4) is 0 Å². The third kappa shape index (κ3) is 3.45. The summed E-state index contributed by atoms with van der Waals surface area (Å²) in [5.41, 5.74) is 0.0762. The maximum atomic E-state index is 13.0. The molecule has 1 atom stereocenters. The van der Waals surface area contributed by atoms with E-state index < -0.39 is 0 Å². The van der Waals surface area contributed by atoms with Gasteiger partial charge >= 0.3 is 6.09 Å². The lowest BCUT2D eigenvalue weighted by Crippen LogP contribution is -2.63. The lowest BCUT2D eigenvalue weighted by molar-refractivity contribution is -0.132. The highest BCUT2D eigenvalue weighted by molar-refractivity contribution is 5.82. The maximum Gasteiger partial charge on any atom is 0.409 e. The Labute approximate surface area is 156 Å². The minimum Gasteiger partial charge on any atom is -0.450 e. The van der Waals surface area contributed by atoms with Crippen molar-refractivity contribution in [3.05, 3.63) is 0 Å². The lowest BCUT2D eigenvalue weighted by atomic mass is 9.53. The molecule has 4 saturated carbocycles. The van der Waals surface area contributed by atoms with Crippen LogP contribution in [0.4, 0.5) is 4.79 Å². The first kappa shape index (κ1) is 18.1. The highest BCUT2D eigenvalue weighted by Gasteiger charge is 2.51. The average Bonchev–Trinajstić information content (AvgIpc) is 2.60. The number of piperazine rings is 1. The number of nitrogens with zero attached hydrogens (tertiary/aromatic N) is 2. The first-order valence-electron chi connectivity index (χ1n) is 10.5. The zero-order valence-corrected chi connectivity index (χ0v) is 16.2. The van der Waals surface area contributed by atoms with Gasteiger partial charge in [-0.05, 0) is 70.1 Å². The van der Waals surface area contributed by atoms with Gasteiger partial charge in [-0.1, -0.05) is 0 Å². The Bertz CT molecular complexity index is 521. The Morgan fingerprint density at radius 2 is 1.58 bits per heavy atom. The third-order valence-corrected chi connectivity index (χ3v) is 7.19. The maximum absolute atomic E-state index is 13.0. The van der Waals surface area contributed by atoms with E-state index in [4.69, 9.17) is 4.74 Å². The zero-order valence-electron chi connectivity index (χ0n) is 16.2. The van der Waals surface area contributed by atoms with Crippen molar-refractivity contribution in [1.82, 2.24) is 15.1 Å². The highest BCUT2D eigenvalue weighted by atomic mass is 16.6. The summed E-state index contributed by atoms with van der Waals surface area (Å²) in [6.07, 6.45) is 7.50. The largest absolute Gasteiger partial charge is 0.450 e. The second kappa shape index (κ2) is 7.02. The lowest BCUT2D eigenvalue weighted by Gasteiger charge is -2.57. The van der Waals surface area contributed by atoms with Crippen LogP contribution in [0.15, 0.2) is 0 Å². The van der Waals surface area contributed by atoms with Crippen LogP contribution in [0.2, 0.25) is 0 Å². The molecule has 1 saturated heterocycles. The van der Waals surface area contributed by atoms with Gasteiger partial charge in [-0.15, -0.1) is 0 Å². The van der Waals surface area contributed by atoms with Gasteiger partial charge in [0.15, 0.2) is 0 Å². The van der Waals surface area contributed by atoms with Gasteiger partial charge in [0.1, 0.15) is 0 Å². The molecule has 5 rings (SSSR count). The fourth-order valence-corrected chi connectivity index (χ4v) is 6.30. The summed E-state index contributed by atoms with van der Waals surface area (Å²) < 4.78 is 5.07. The van der Waals surface area contributed by atoms with Gasteiger partial charge in [-0.2, -0.15) is 0 Å². The smallest absolute Gasteiger partial charge is 0.409 e.